The number of amides is 1. The van der Waals surface area contributed by atoms with Crippen molar-refractivity contribution in [3.8, 4) is 0 Å². The van der Waals surface area contributed by atoms with Gasteiger partial charge in [0, 0.05) is 16.9 Å². The van der Waals surface area contributed by atoms with Crippen LogP contribution in [0.15, 0.2) is 35.3 Å². The van der Waals surface area contributed by atoms with Crippen LogP contribution in [-0.2, 0) is 4.79 Å². The zero-order chi connectivity index (χ0) is 12.1. The highest BCUT2D eigenvalue weighted by Crippen LogP contribution is 2.12. The normalized spacial score (nSPS) is 15.0. The van der Waals surface area contributed by atoms with Gasteiger partial charge in [-0.1, -0.05) is 35.5 Å². The molecule has 0 radical (unpaired) electrons. The van der Waals surface area contributed by atoms with E-state index < -0.39 is 0 Å². The number of aliphatic imine (C=N–C) groups is 1. The molecule has 0 saturated heterocycles. The summed E-state index contributed by atoms with van der Waals surface area (Å²) in [6.07, 6.45) is 3.20. The molecule has 88 valence electrons. The van der Waals surface area contributed by atoms with Crippen molar-refractivity contribution < 1.29 is 4.79 Å². The number of benzene rings is 1. The molecule has 0 aromatic heterocycles. The quantitative estimate of drug-likeness (QED) is 0.836. The average Bonchev–Trinajstić information content (AvgIpc) is 2.79. The Balaban J connectivity index is 1.93. The Hall–Kier alpha value is -1.26. The number of nitrogens with zero attached hydrogens (tertiary/aromatic N) is 1. The first-order valence-electron chi connectivity index (χ1n) is 5.16. The van der Waals surface area contributed by atoms with Crippen LogP contribution < -0.4 is 5.32 Å². The fraction of sp³-hybridized carbons (Fsp3) is 0.167. The second kappa shape index (κ2) is 5.89. The summed E-state index contributed by atoms with van der Waals surface area (Å²) in [5, 5.41) is 4.07. The van der Waals surface area contributed by atoms with Gasteiger partial charge in [0.2, 0.25) is 5.91 Å². The highest BCUT2D eigenvalue weighted by molar-refractivity contribution is 8.14. The lowest BCUT2D eigenvalue weighted by molar-refractivity contribution is -0.115. The summed E-state index contributed by atoms with van der Waals surface area (Å²) >= 11 is 7.40. The molecule has 17 heavy (non-hydrogen) atoms. The van der Waals surface area contributed by atoms with Crippen LogP contribution >= 0.6 is 23.4 Å². The summed E-state index contributed by atoms with van der Waals surface area (Å²) in [6, 6.07) is 7.32. The van der Waals surface area contributed by atoms with Gasteiger partial charge in [0.25, 0.3) is 0 Å². The van der Waals surface area contributed by atoms with Crippen LogP contribution in [0.25, 0.3) is 6.08 Å². The van der Waals surface area contributed by atoms with E-state index in [4.69, 9.17) is 11.6 Å². The smallest absolute Gasteiger partial charge is 0.249 e. The van der Waals surface area contributed by atoms with E-state index in [1.165, 1.54) is 6.08 Å². The summed E-state index contributed by atoms with van der Waals surface area (Å²) in [5.74, 6) is 0.770. The van der Waals surface area contributed by atoms with E-state index in [1.807, 2.05) is 12.1 Å². The van der Waals surface area contributed by atoms with Crippen LogP contribution in [-0.4, -0.2) is 23.4 Å². The van der Waals surface area contributed by atoms with Gasteiger partial charge >= 0.3 is 0 Å². The molecule has 1 aromatic carbocycles. The van der Waals surface area contributed by atoms with Crippen LogP contribution in [0.3, 0.4) is 0 Å². The summed E-state index contributed by atoms with van der Waals surface area (Å²) < 4.78 is 0. The number of hydrogen-bond acceptors (Lipinski definition) is 3. The molecule has 1 aliphatic heterocycles. The van der Waals surface area contributed by atoms with Gasteiger partial charge in [0.15, 0.2) is 5.17 Å². The number of amidine groups is 1. The van der Waals surface area contributed by atoms with Crippen molar-refractivity contribution in [1.82, 2.24) is 5.32 Å². The van der Waals surface area contributed by atoms with E-state index in [1.54, 1.807) is 30.0 Å². The summed E-state index contributed by atoms with van der Waals surface area (Å²) in [4.78, 5) is 15.7. The molecule has 5 heteroatoms. The third-order valence-electron chi connectivity index (χ3n) is 2.09. The lowest BCUT2D eigenvalue weighted by Crippen LogP contribution is -2.25. The topological polar surface area (TPSA) is 41.5 Å². The lowest BCUT2D eigenvalue weighted by Gasteiger charge is -1.99. The van der Waals surface area contributed by atoms with Crippen LogP contribution in [0, 0.1) is 0 Å². The molecule has 1 aliphatic rings. The maximum atomic E-state index is 11.5. The summed E-state index contributed by atoms with van der Waals surface area (Å²) in [7, 11) is 0. The molecule has 1 amide bonds. The molecule has 0 unspecified atom stereocenters. The molecular formula is C12H11ClN2OS. The van der Waals surface area contributed by atoms with Crippen LogP contribution in [0.4, 0.5) is 0 Å². The average molecular weight is 267 g/mol. The molecule has 0 spiro atoms. The Morgan fingerprint density at radius 2 is 2.41 bits per heavy atom. The van der Waals surface area contributed by atoms with Crippen LogP contribution in [0.2, 0.25) is 5.02 Å². The molecule has 1 N–H and O–H groups in total. The molecule has 1 heterocycles. The van der Waals surface area contributed by atoms with Gasteiger partial charge in [-0.3, -0.25) is 9.79 Å². The fourth-order valence-corrected chi connectivity index (χ4v) is 2.27. The minimum Gasteiger partial charge on any atom is -0.302 e. The number of nitrogens with one attached hydrogen (secondary N) is 1. The van der Waals surface area contributed by atoms with Gasteiger partial charge in [-0.2, -0.15) is 0 Å². The van der Waals surface area contributed by atoms with E-state index in [-0.39, 0.29) is 5.91 Å². The van der Waals surface area contributed by atoms with E-state index in [9.17, 15) is 4.79 Å². The first-order valence-corrected chi connectivity index (χ1v) is 6.52. The van der Waals surface area contributed by atoms with E-state index >= 15 is 0 Å². The predicted octanol–water partition coefficient (Wildman–Crippen LogP) is 2.57. The number of rotatable bonds is 2. The first-order chi connectivity index (χ1) is 8.24. The summed E-state index contributed by atoms with van der Waals surface area (Å²) in [5.41, 5.74) is 0.897. The zero-order valence-electron chi connectivity index (χ0n) is 9.02. The third-order valence-corrected chi connectivity index (χ3v) is 3.22. The van der Waals surface area contributed by atoms with Crippen molar-refractivity contribution in [2.24, 2.45) is 4.99 Å². The van der Waals surface area contributed by atoms with Gasteiger partial charge in [0.05, 0.1) is 6.54 Å². The third kappa shape index (κ3) is 3.91. The van der Waals surface area contributed by atoms with Crippen molar-refractivity contribution in [1.29, 1.82) is 0 Å². The molecule has 0 fully saturated rings. The van der Waals surface area contributed by atoms with Crippen LogP contribution in [0.5, 0.6) is 0 Å². The number of carbonyl (C=O) groups is 1. The monoisotopic (exact) mass is 266 g/mol. The molecule has 0 saturated carbocycles. The predicted molar refractivity (Wildman–Crippen MR) is 73.4 cm³/mol. The maximum Gasteiger partial charge on any atom is 0.249 e. The Labute approximate surface area is 109 Å². The lowest BCUT2D eigenvalue weighted by atomic mass is 10.2. The number of halogens is 1. The van der Waals surface area contributed by atoms with Gasteiger partial charge in [0.1, 0.15) is 0 Å². The van der Waals surface area contributed by atoms with Crippen molar-refractivity contribution >= 4 is 40.5 Å². The maximum absolute atomic E-state index is 11.5. The number of thioether (sulfide) groups is 1. The van der Waals surface area contributed by atoms with Gasteiger partial charge in [-0.25, -0.2) is 0 Å². The Bertz CT molecular complexity index is 485. The minimum atomic E-state index is -0.168. The Kier molecular flexibility index (Phi) is 4.23. The largest absolute Gasteiger partial charge is 0.302 e. The highest BCUT2D eigenvalue weighted by Gasteiger charge is 2.08. The molecule has 1 aromatic rings. The number of carbonyl (C=O) groups excluding carboxylic acids is 1. The van der Waals surface area contributed by atoms with Crippen molar-refractivity contribution in [3.63, 3.8) is 0 Å². The Morgan fingerprint density at radius 3 is 3.12 bits per heavy atom. The van der Waals surface area contributed by atoms with E-state index in [2.05, 4.69) is 10.3 Å². The SMILES string of the molecule is O=C(C=Cc1cccc(Cl)c1)NC1=NCCS1. The minimum absolute atomic E-state index is 0.168. The Morgan fingerprint density at radius 1 is 1.53 bits per heavy atom. The van der Waals surface area contributed by atoms with E-state index in [0.717, 1.165) is 17.9 Å². The fourth-order valence-electron chi connectivity index (χ4n) is 1.34. The van der Waals surface area contributed by atoms with Crippen LogP contribution in [0.1, 0.15) is 5.56 Å². The van der Waals surface area contributed by atoms with Crippen molar-refractivity contribution in [2.45, 2.75) is 0 Å². The first kappa shape index (κ1) is 12.2. The summed E-state index contributed by atoms with van der Waals surface area (Å²) in [6.45, 7) is 0.776. The molecule has 0 atom stereocenters. The highest BCUT2D eigenvalue weighted by atomic mass is 35.5. The second-order valence-electron chi connectivity index (χ2n) is 3.41. The van der Waals surface area contributed by atoms with Crippen molar-refractivity contribution in [3.05, 3.63) is 40.9 Å². The zero-order valence-corrected chi connectivity index (χ0v) is 10.6. The second-order valence-corrected chi connectivity index (χ2v) is 4.93. The molecule has 2 rings (SSSR count). The van der Waals surface area contributed by atoms with E-state index in [0.29, 0.717) is 10.2 Å². The molecule has 0 bridgehead atoms. The standard InChI is InChI=1S/C12H11ClN2OS/c13-10-3-1-2-9(8-10)4-5-11(16)15-12-14-6-7-17-12/h1-5,8H,6-7H2,(H,14,15,16). The molecular weight excluding hydrogens is 256 g/mol. The number of hydrogen-bond donors (Lipinski definition) is 1. The van der Waals surface area contributed by atoms with Crippen molar-refractivity contribution in [2.75, 3.05) is 12.3 Å². The van der Waals surface area contributed by atoms with Gasteiger partial charge in [-0.05, 0) is 23.8 Å². The molecule has 3 nitrogen and oxygen atoms in total. The molecule has 0 aliphatic carbocycles. The van der Waals surface area contributed by atoms with Gasteiger partial charge < -0.3 is 5.32 Å². The van der Waals surface area contributed by atoms with Gasteiger partial charge in [-0.15, -0.1) is 0 Å².